The maximum atomic E-state index is 5.54. The molecule has 3 heteroatoms. The lowest BCUT2D eigenvalue weighted by molar-refractivity contribution is 0.301. The van der Waals surface area contributed by atoms with Gasteiger partial charge in [0, 0.05) is 6.07 Å². The standard InChI is InChI=1S/C11H13NO2/c1-3-8-7-14-11-5-4-9(13-2)6-10(11)12-8/h3-6,8,12H,1,7H2,2H3/t8-/m0/s1. The Morgan fingerprint density at radius 1 is 1.64 bits per heavy atom. The van der Waals surface area contributed by atoms with Crippen LogP contribution >= 0.6 is 0 Å². The summed E-state index contributed by atoms with van der Waals surface area (Å²) in [6.07, 6.45) is 1.84. The lowest BCUT2D eigenvalue weighted by atomic mass is 10.2. The van der Waals surface area contributed by atoms with Crippen molar-refractivity contribution in [1.82, 2.24) is 0 Å². The summed E-state index contributed by atoms with van der Waals surface area (Å²) < 4.78 is 10.7. The second kappa shape index (κ2) is 3.62. The zero-order chi connectivity index (χ0) is 9.97. The van der Waals surface area contributed by atoms with Crippen LogP contribution in [0.4, 0.5) is 5.69 Å². The highest BCUT2D eigenvalue weighted by molar-refractivity contribution is 5.61. The smallest absolute Gasteiger partial charge is 0.142 e. The first-order valence-electron chi connectivity index (χ1n) is 4.53. The van der Waals surface area contributed by atoms with Gasteiger partial charge in [-0.25, -0.2) is 0 Å². The van der Waals surface area contributed by atoms with Crippen LogP contribution in [0.25, 0.3) is 0 Å². The Morgan fingerprint density at radius 3 is 3.21 bits per heavy atom. The van der Waals surface area contributed by atoms with Gasteiger partial charge in [0.05, 0.1) is 18.8 Å². The van der Waals surface area contributed by atoms with Crippen LogP contribution in [0.2, 0.25) is 0 Å². The van der Waals surface area contributed by atoms with Crippen LogP contribution < -0.4 is 14.8 Å². The number of fused-ring (bicyclic) bond motifs is 1. The van der Waals surface area contributed by atoms with Gasteiger partial charge in [0.1, 0.15) is 18.1 Å². The van der Waals surface area contributed by atoms with Crippen LogP contribution in [0.15, 0.2) is 30.9 Å². The van der Waals surface area contributed by atoms with E-state index in [2.05, 4.69) is 11.9 Å². The van der Waals surface area contributed by atoms with Crippen LogP contribution in [0.1, 0.15) is 0 Å². The molecule has 0 unspecified atom stereocenters. The molecule has 1 atom stereocenters. The van der Waals surface area contributed by atoms with Gasteiger partial charge in [-0.15, -0.1) is 6.58 Å². The minimum atomic E-state index is 0.176. The molecule has 1 aromatic rings. The van der Waals surface area contributed by atoms with E-state index in [0.717, 1.165) is 17.2 Å². The molecule has 1 heterocycles. The molecule has 0 aromatic heterocycles. The van der Waals surface area contributed by atoms with E-state index in [1.165, 1.54) is 0 Å². The topological polar surface area (TPSA) is 30.5 Å². The van der Waals surface area contributed by atoms with E-state index >= 15 is 0 Å². The zero-order valence-electron chi connectivity index (χ0n) is 8.12. The fourth-order valence-corrected chi connectivity index (χ4v) is 1.42. The molecule has 2 rings (SSSR count). The summed E-state index contributed by atoms with van der Waals surface area (Å²) in [7, 11) is 1.65. The van der Waals surface area contributed by atoms with Gasteiger partial charge in [0.25, 0.3) is 0 Å². The maximum absolute atomic E-state index is 5.54. The molecule has 0 amide bonds. The first kappa shape index (κ1) is 8.94. The Kier molecular flexibility index (Phi) is 2.31. The quantitative estimate of drug-likeness (QED) is 0.726. The van der Waals surface area contributed by atoms with Crippen molar-refractivity contribution in [3.05, 3.63) is 30.9 Å². The van der Waals surface area contributed by atoms with Gasteiger partial charge in [-0.3, -0.25) is 0 Å². The molecule has 0 aliphatic carbocycles. The summed E-state index contributed by atoms with van der Waals surface area (Å²) in [5, 5.41) is 3.30. The minimum absolute atomic E-state index is 0.176. The number of methoxy groups -OCH3 is 1. The van der Waals surface area contributed by atoms with Crippen molar-refractivity contribution in [3.63, 3.8) is 0 Å². The predicted octanol–water partition coefficient (Wildman–Crippen LogP) is 2.05. The van der Waals surface area contributed by atoms with Crippen LogP contribution in [-0.4, -0.2) is 19.8 Å². The van der Waals surface area contributed by atoms with Gasteiger partial charge in [0.2, 0.25) is 0 Å². The minimum Gasteiger partial charge on any atom is -0.497 e. The summed E-state index contributed by atoms with van der Waals surface area (Å²) in [5.74, 6) is 1.69. The van der Waals surface area contributed by atoms with Crippen molar-refractivity contribution in [3.8, 4) is 11.5 Å². The molecule has 3 nitrogen and oxygen atoms in total. The van der Waals surface area contributed by atoms with E-state index in [-0.39, 0.29) is 6.04 Å². The maximum Gasteiger partial charge on any atom is 0.142 e. The monoisotopic (exact) mass is 191 g/mol. The molecule has 0 saturated heterocycles. The van der Waals surface area contributed by atoms with Crippen molar-refractivity contribution < 1.29 is 9.47 Å². The Morgan fingerprint density at radius 2 is 2.50 bits per heavy atom. The normalized spacial score (nSPS) is 18.8. The highest BCUT2D eigenvalue weighted by atomic mass is 16.5. The third-order valence-electron chi connectivity index (χ3n) is 2.23. The lowest BCUT2D eigenvalue weighted by Crippen LogP contribution is -2.29. The molecule has 0 saturated carbocycles. The Hall–Kier alpha value is -1.64. The van der Waals surface area contributed by atoms with E-state index in [4.69, 9.17) is 9.47 Å². The molecule has 74 valence electrons. The number of hydrogen-bond acceptors (Lipinski definition) is 3. The lowest BCUT2D eigenvalue weighted by Gasteiger charge is -2.25. The SMILES string of the molecule is C=C[C@H]1COc2ccc(OC)cc2N1. The molecule has 1 N–H and O–H groups in total. The zero-order valence-corrected chi connectivity index (χ0v) is 8.12. The third-order valence-corrected chi connectivity index (χ3v) is 2.23. The second-order valence-corrected chi connectivity index (χ2v) is 3.16. The van der Waals surface area contributed by atoms with E-state index < -0.39 is 0 Å². The van der Waals surface area contributed by atoms with Gasteiger partial charge in [-0.1, -0.05) is 6.08 Å². The Bertz CT molecular complexity index is 349. The van der Waals surface area contributed by atoms with Crippen molar-refractivity contribution >= 4 is 5.69 Å². The van der Waals surface area contributed by atoms with Crippen molar-refractivity contribution in [1.29, 1.82) is 0 Å². The summed E-state index contributed by atoms with van der Waals surface area (Å²) in [6, 6.07) is 5.88. The molecule has 0 fully saturated rings. The largest absolute Gasteiger partial charge is 0.497 e. The predicted molar refractivity (Wildman–Crippen MR) is 56.1 cm³/mol. The van der Waals surface area contributed by atoms with Crippen LogP contribution in [-0.2, 0) is 0 Å². The molecule has 0 spiro atoms. The average Bonchev–Trinajstić information content (AvgIpc) is 2.27. The summed E-state index contributed by atoms with van der Waals surface area (Å²) in [4.78, 5) is 0. The average molecular weight is 191 g/mol. The summed E-state index contributed by atoms with van der Waals surface area (Å²) >= 11 is 0. The van der Waals surface area contributed by atoms with Crippen molar-refractivity contribution in [2.45, 2.75) is 6.04 Å². The summed E-state index contributed by atoms with van der Waals surface area (Å²) in [6.45, 7) is 4.35. The van der Waals surface area contributed by atoms with Crippen molar-refractivity contribution in [2.75, 3.05) is 19.0 Å². The number of rotatable bonds is 2. The Labute approximate surface area is 83.3 Å². The van der Waals surface area contributed by atoms with Gasteiger partial charge in [-0.2, -0.15) is 0 Å². The molecular formula is C11H13NO2. The highest BCUT2D eigenvalue weighted by Crippen LogP contribution is 2.32. The fourth-order valence-electron chi connectivity index (χ4n) is 1.42. The van der Waals surface area contributed by atoms with E-state index in [1.807, 2.05) is 24.3 Å². The van der Waals surface area contributed by atoms with E-state index in [9.17, 15) is 0 Å². The molecule has 14 heavy (non-hydrogen) atoms. The highest BCUT2D eigenvalue weighted by Gasteiger charge is 2.16. The first-order valence-corrected chi connectivity index (χ1v) is 4.53. The van der Waals surface area contributed by atoms with Crippen LogP contribution in [0, 0.1) is 0 Å². The van der Waals surface area contributed by atoms with Crippen LogP contribution in [0.3, 0.4) is 0 Å². The number of benzene rings is 1. The molecule has 0 bridgehead atoms. The van der Waals surface area contributed by atoms with Gasteiger partial charge in [0.15, 0.2) is 0 Å². The van der Waals surface area contributed by atoms with E-state index in [1.54, 1.807) is 7.11 Å². The first-order chi connectivity index (χ1) is 6.83. The van der Waals surface area contributed by atoms with Gasteiger partial charge < -0.3 is 14.8 Å². The number of nitrogens with one attached hydrogen (secondary N) is 1. The van der Waals surface area contributed by atoms with Crippen LogP contribution in [0.5, 0.6) is 11.5 Å². The third kappa shape index (κ3) is 1.53. The number of anilines is 1. The second-order valence-electron chi connectivity index (χ2n) is 3.16. The van der Waals surface area contributed by atoms with Gasteiger partial charge in [-0.05, 0) is 12.1 Å². The summed E-state index contributed by atoms with van der Waals surface area (Å²) in [5.41, 5.74) is 0.959. The number of hydrogen-bond donors (Lipinski definition) is 1. The molecule has 1 aliphatic heterocycles. The van der Waals surface area contributed by atoms with E-state index in [0.29, 0.717) is 6.61 Å². The van der Waals surface area contributed by atoms with Crippen molar-refractivity contribution in [2.24, 2.45) is 0 Å². The Balaban J connectivity index is 2.29. The fraction of sp³-hybridized carbons (Fsp3) is 0.273. The van der Waals surface area contributed by atoms with Gasteiger partial charge >= 0.3 is 0 Å². The molecule has 1 aromatic carbocycles. The molecular weight excluding hydrogens is 178 g/mol. The number of ether oxygens (including phenoxy) is 2. The molecule has 1 aliphatic rings. The molecule has 0 radical (unpaired) electrons.